The molecule has 0 saturated carbocycles. The van der Waals surface area contributed by atoms with E-state index in [9.17, 15) is 24.3 Å². The Morgan fingerprint density at radius 2 is 2.03 bits per heavy atom. The first-order valence-electron chi connectivity index (χ1n) is 13.1. The molecule has 0 aromatic heterocycles. The Bertz CT molecular complexity index is 967. The van der Waals surface area contributed by atoms with Gasteiger partial charge in [0.25, 0.3) is 0 Å². The molecule has 7 atom stereocenters. The van der Waals surface area contributed by atoms with Crippen molar-refractivity contribution < 1.29 is 33.8 Å². The Kier molecular flexibility index (Phi) is 9.47. The van der Waals surface area contributed by atoms with Crippen molar-refractivity contribution in [3.8, 4) is 0 Å². The van der Waals surface area contributed by atoms with Gasteiger partial charge in [0, 0.05) is 29.9 Å². The number of hydrogen-bond acceptors (Lipinski definition) is 7. The zero-order valence-electron chi connectivity index (χ0n) is 22.7. The first-order valence-corrected chi connectivity index (χ1v) is 14.0. The maximum absolute atomic E-state index is 14.1. The van der Waals surface area contributed by atoms with Crippen LogP contribution in [-0.4, -0.2) is 99.1 Å². The minimum atomic E-state index is -1.24. The number of hydrogen-bond donors (Lipinski definition) is 2. The third-order valence-corrected chi connectivity index (χ3v) is 8.35. The van der Waals surface area contributed by atoms with Crippen molar-refractivity contribution in [2.24, 2.45) is 11.8 Å². The van der Waals surface area contributed by atoms with E-state index in [1.165, 1.54) is 4.90 Å². The summed E-state index contributed by atoms with van der Waals surface area (Å²) in [5, 5.41) is 12.5. The maximum atomic E-state index is 14.1. The number of aliphatic hydroxyl groups excluding tert-OH is 1. The highest BCUT2D eigenvalue weighted by atomic mass is 79.9. The number of nitrogens with zero attached hydrogens (tertiary/aromatic N) is 2. The van der Waals surface area contributed by atoms with Gasteiger partial charge in [0.15, 0.2) is 0 Å². The Labute approximate surface area is 232 Å². The van der Waals surface area contributed by atoms with E-state index in [0.29, 0.717) is 19.3 Å². The highest BCUT2D eigenvalue weighted by molar-refractivity contribution is 9.09. The van der Waals surface area contributed by atoms with Gasteiger partial charge >= 0.3 is 5.97 Å². The monoisotopic (exact) mass is 597 g/mol. The van der Waals surface area contributed by atoms with E-state index in [-0.39, 0.29) is 42.9 Å². The molecular weight excluding hydrogens is 558 g/mol. The quantitative estimate of drug-likeness (QED) is 0.199. The average Bonchev–Trinajstić information content (AvgIpc) is 3.42. The summed E-state index contributed by atoms with van der Waals surface area (Å²) in [4.78, 5) is 56.0. The maximum Gasteiger partial charge on any atom is 0.312 e. The summed E-state index contributed by atoms with van der Waals surface area (Å²) < 4.78 is 12.1. The lowest BCUT2D eigenvalue weighted by Crippen LogP contribution is -2.60. The lowest BCUT2D eigenvalue weighted by Gasteiger charge is -2.42. The van der Waals surface area contributed by atoms with Gasteiger partial charge in [-0.3, -0.25) is 19.2 Å². The van der Waals surface area contributed by atoms with Crippen LogP contribution in [0.2, 0.25) is 0 Å². The fourth-order valence-corrected chi connectivity index (χ4v) is 6.84. The summed E-state index contributed by atoms with van der Waals surface area (Å²) in [6, 6.07) is -1.00. The standard InChI is InChI=1S/C27H40BrN3O7/c1-7-9-10-18(33)29-15-16(3)37-25(36)19-20-23(34)30(12-13-32)22(27(20)14-17(28)21(19)38-27)24(35)31(11-8-2)26(4,5)6/h7-8,16-17,19-22,32H,1-2,9-15H2,3-6H3,(H,29,33)/t16-,17?,19+,20-,21+,22+,27-/m1/s1. The second-order valence-electron chi connectivity index (χ2n) is 11.2. The van der Waals surface area contributed by atoms with Crippen LogP contribution >= 0.6 is 15.9 Å². The Morgan fingerprint density at radius 1 is 1.34 bits per heavy atom. The second-order valence-corrected chi connectivity index (χ2v) is 12.4. The largest absolute Gasteiger partial charge is 0.460 e. The number of nitrogens with one attached hydrogen (secondary N) is 1. The van der Waals surface area contributed by atoms with Crippen LogP contribution in [0.4, 0.5) is 0 Å². The van der Waals surface area contributed by atoms with Crippen molar-refractivity contribution in [1.29, 1.82) is 0 Å². The third kappa shape index (κ3) is 5.56. The number of ether oxygens (including phenoxy) is 2. The molecule has 1 unspecified atom stereocenters. The van der Waals surface area contributed by atoms with Crippen LogP contribution < -0.4 is 5.32 Å². The first-order chi connectivity index (χ1) is 17.8. The minimum Gasteiger partial charge on any atom is -0.460 e. The molecule has 0 aromatic rings. The number of fused-ring (bicyclic) bond motifs is 1. The van der Waals surface area contributed by atoms with E-state index in [4.69, 9.17) is 9.47 Å². The third-order valence-electron chi connectivity index (χ3n) is 7.50. The number of aliphatic hydroxyl groups is 1. The number of β-amino-alcohol motifs (C(OH)–C–C–N with tert-alkyl or cyclic N) is 1. The molecule has 1 spiro atoms. The van der Waals surface area contributed by atoms with Gasteiger partial charge in [-0.15, -0.1) is 13.2 Å². The number of carbonyl (C=O) groups is 4. The van der Waals surface area contributed by atoms with Crippen LogP contribution in [0.15, 0.2) is 25.3 Å². The van der Waals surface area contributed by atoms with Gasteiger partial charge < -0.3 is 29.7 Å². The molecule has 3 heterocycles. The molecule has 3 rings (SSSR count). The van der Waals surface area contributed by atoms with E-state index < -0.39 is 53.1 Å². The smallest absolute Gasteiger partial charge is 0.312 e. The van der Waals surface area contributed by atoms with Gasteiger partial charge in [-0.2, -0.15) is 0 Å². The van der Waals surface area contributed by atoms with Crippen molar-refractivity contribution in [3.05, 3.63) is 25.3 Å². The Morgan fingerprint density at radius 3 is 2.61 bits per heavy atom. The molecule has 2 bridgehead atoms. The molecule has 2 N–H and O–H groups in total. The van der Waals surface area contributed by atoms with Gasteiger partial charge in [-0.05, 0) is 40.5 Å². The number of amides is 3. The number of halogens is 1. The summed E-state index contributed by atoms with van der Waals surface area (Å²) in [6.45, 7) is 14.7. The summed E-state index contributed by atoms with van der Waals surface area (Å²) in [5.41, 5.74) is -1.80. The van der Waals surface area contributed by atoms with E-state index in [1.54, 1.807) is 24.0 Å². The van der Waals surface area contributed by atoms with Gasteiger partial charge in [0.2, 0.25) is 17.7 Å². The van der Waals surface area contributed by atoms with Gasteiger partial charge in [-0.1, -0.05) is 28.1 Å². The van der Waals surface area contributed by atoms with Crippen LogP contribution in [-0.2, 0) is 28.7 Å². The number of esters is 1. The Balaban J connectivity index is 1.87. The van der Waals surface area contributed by atoms with E-state index in [2.05, 4.69) is 34.4 Å². The lowest BCUT2D eigenvalue weighted by atomic mass is 9.70. The number of carbonyl (C=O) groups excluding carboxylic acids is 4. The van der Waals surface area contributed by atoms with Crippen molar-refractivity contribution in [3.63, 3.8) is 0 Å². The molecule has 3 amide bonds. The molecular formula is C27H40BrN3O7. The SMILES string of the molecule is C=CCCC(=O)NC[C@@H](C)OC(=O)[C@@H]1[C@H]2O[C@@]3(CC2Br)[C@H](C(=O)N(CC=C)C(C)(C)C)N(CCO)C(=O)[C@@H]13. The molecule has 3 aliphatic rings. The topological polar surface area (TPSA) is 125 Å². The number of likely N-dealkylation sites (tertiary alicyclic amines) is 1. The van der Waals surface area contributed by atoms with Crippen molar-refractivity contribution >= 4 is 39.6 Å². The molecule has 3 fully saturated rings. The van der Waals surface area contributed by atoms with Crippen LogP contribution in [0.25, 0.3) is 0 Å². The van der Waals surface area contributed by atoms with Gasteiger partial charge in [0.1, 0.15) is 17.7 Å². The van der Waals surface area contributed by atoms with Crippen LogP contribution in [0.5, 0.6) is 0 Å². The summed E-state index contributed by atoms with van der Waals surface area (Å²) in [6.07, 6.45) is 3.19. The van der Waals surface area contributed by atoms with Gasteiger partial charge in [-0.25, -0.2) is 0 Å². The highest BCUT2D eigenvalue weighted by Crippen LogP contribution is 2.60. The summed E-state index contributed by atoms with van der Waals surface area (Å²) in [5.74, 6) is -3.35. The normalized spacial score (nSPS) is 30.5. The van der Waals surface area contributed by atoms with E-state index in [0.717, 1.165) is 0 Å². The van der Waals surface area contributed by atoms with Gasteiger partial charge in [0.05, 0.1) is 31.1 Å². The summed E-state index contributed by atoms with van der Waals surface area (Å²) >= 11 is 3.62. The van der Waals surface area contributed by atoms with Crippen LogP contribution in [0.3, 0.4) is 0 Å². The summed E-state index contributed by atoms with van der Waals surface area (Å²) in [7, 11) is 0. The predicted octanol–water partition coefficient (Wildman–Crippen LogP) is 1.55. The zero-order chi connectivity index (χ0) is 28.4. The number of allylic oxidation sites excluding steroid dienone is 1. The molecule has 3 aliphatic heterocycles. The first kappa shape index (κ1) is 30.3. The average molecular weight is 599 g/mol. The van der Waals surface area contributed by atoms with E-state index in [1.807, 2.05) is 20.8 Å². The fourth-order valence-electron chi connectivity index (χ4n) is 5.90. The zero-order valence-corrected chi connectivity index (χ0v) is 24.2. The second kappa shape index (κ2) is 11.9. The van der Waals surface area contributed by atoms with E-state index >= 15 is 0 Å². The molecule has 11 heteroatoms. The molecule has 38 heavy (non-hydrogen) atoms. The Hall–Kier alpha value is -2.24. The number of alkyl halides is 1. The van der Waals surface area contributed by atoms with Crippen molar-refractivity contribution in [2.45, 2.75) is 81.2 Å². The molecule has 3 saturated heterocycles. The van der Waals surface area contributed by atoms with Crippen LogP contribution in [0.1, 0.15) is 47.0 Å². The lowest BCUT2D eigenvalue weighted by molar-refractivity contribution is -0.159. The predicted molar refractivity (Wildman–Crippen MR) is 144 cm³/mol. The molecule has 10 nitrogen and oxygen atoms in total. The minimum absolute atomic E-state index is 0.0601. The fraction of sp³-hybridized carbons (Fsp3) is 0.704. The van der Waals surface area contributed by atoms with Crippen LogP contribution in [0, 0.1) is 11.8 Å². The number of rotatable bonds is 12. The van der Waals surface area contributed by atoms with Crippen molar-refractivity contribution in [1.82, 2.24) is 15.1 Å². The highest BCUT2D eigenvalue weighted by Gasteiger charge is 2.77. The molecule has 212 valence electrons. The van der Waals surface area contributed by atoms with Crippen molar-refractivity contribution in [2.75, 3.05) is 26.2 Å². The molecule has 0 aromatic carbocycles. The molecule has 0 aliphatic carbocycles. The molecule has 0 radical (unpaired) electrons.